The average molecular weight is 369 g/mol. The molecular formula is C17H27N3O4S. The molecule has 1 heterocycles. The fourth-order valence-corrected chi connectivity index (χ4v) is 3.48. The summed E-state index contributed by atoms with van der Waals surface area (Å²) >= 11 is 0. The Kier molecular flexibility index (Phi) is 7.37. The quantitative estimate of drug-likeness (QED) is 0.697. The maximum atomic E-state index is 12.5. The van der Waals surface area contributed by atoms with Gasteiger partial charge in [-0.2, -0.15) is 0 Å². The van der Waals surface area contributed by atoms with Crippen molar-refractivity contribution in [1.82, 2.24) is 14.9 Å². The lowest BCUT2D eigenvalue weighted by Gasteiger charge is -2.31. The van der Waals surface area contributed by atoms with Crippen molar-refractivity contribution in [3.8, 4) is 0 Å². The molecule has 1 fully saturated rings. The molecular weight excluding hydrogens is 342 g/mol. The molecule has 2 N–H and O–H groups in total. The number of ether oxygens (including phenoxy) is 1. The van der Waals surface area contributed by atoms with Crippen molar-refractivity contribution in [2.75, 3.05) is 38.6 Å². The normalized spacial score (nSPS) is 18.5. The van der Waals surface area contributed by atoms with E-state index < -0.39 is 16.1 Å². The first kappa shape index (κ1) is 19.8. The second-order valence-electron chi connectivity index (χ2n) is 6.13. The minimum atomic E-state index is -3.43. The molecule has 140 valence electrons. The van der Waals surface area contributed by atoms with Crippen LogP contribution in [0.25, 0.3) is 0 Å². The van der Waals surface area contributed by atoms with Crippen LogP contribution in [-0.2, 0) is 19.6 Å². The summed E-state index contributed by atoms with van der Waals surface area (Å²) in [7, 11) is -3.43. The first-order valence-electron chi connectivity index (χ1n) is 8.56. The van der Waals surface area contributed by atoms with E-state index in [4.69, 9.17) is 4.74 Å². The van der Waals surface area contributed by atoms with Gasteiger partial charge < -0.3 is 10.1 Å². The Labute approximate surface area is 149 Å². The van der Waals surface area contributed by atoms with Crippen LogP contribution in [0.3, 0.4) is 0 Å². The molecule has 1 amide bonds. The van der Waals surface area contributed by atoms with Crippen molar-refractivity contribution in [1.29, 1.82) is 0 Å². The van der Waals surface area contributed by atoms with E-state index >= 15 is 0 Å². The fourth-order valence-electron chi connectivity index (χ4n) is 2.66. The van der Waals surface area contributed by atoms with Gasteiger partial charge in [-0.3, -0.25) is 9.69 Å². The monoisotopic (exact) mass is 369 g/mol. The van der Waals surface area contributed by atoms with E-state index in [1.807, 2.05) is 30.3 Å². The lowest BCUT2D eigenvalue weighted by Crippen LogP contribution is -2.49. The summed E-state index contributed by atoms with van der Waals surface area (Å²) in [5, 5.41) is 2.98. The molecule has 0 spiro atoms. The highest BCUT2D eigenvalue weighted by Crippen LogP contribution is 2.15. The SMILES string of the molecule is CCS(=O)(=O)N[C@@H](C)C(=O)N[C@@H](CN1CCOCC1)c1ccccc1. The predicted molar refractivity (Wildman–Crippen MR) is 96.6 cm³/mol. The number of carbonyl (C=O) groups excluding carboxylic acids is 1. The van der Waals surface area contributed by atoms with Gasteiger partial charge in [-0.1, -0.05) is 30.3 Å². The van der Waals surface area contributed by atoms with E-state index in [2.05, 4.69) is 14.9 Å². The van der Waals surface area contributed by atoms with Gasteiger partial charge in [0.25, 0.3) is 0 Å². The first-order valence-corrected chi connectivity index (χ1v) is 10.2. The van der Waals surface area contributed by atoms with Crippen LogP contribution in [0.1, 0.15) is 25.5 Å². The van der Waals surface area contributed by atoms with Gasteiger partial charge in [0.1, 0.15) is 0 Å². The highest BCUT2D eigenvalue weighted by atomic mass is 32.2. The molecule has 1 saturated heterocycles. The number of carbonyl (C=O) groups is 1. The zero-order valence-electron chi connectivity index (χ0n) is 14.8. The van der Waals surface area contributed by atoms with Gasteiger partial charge in [0.2, 0.25) is 15.9 Å². The molecule has 1 aromatic carbocycles. The van der Waals surface area contributed by atoms with Gasteiger partial charge in [0.15, 0.2) is 0 Å². The number of nitrogens with zero attached hydrogens (tertiary/aromatic N) is 1. The average Bonchev–Trinajstić information content (AvgIpc) is 2.62. The van der Waals surface area contributed by atoms with E-state index in [9.17, 15) is 13.2 Å². The summed E-state index contributed by atoms with van der Waals surface area (Å²) in [5.74, 6) is -0.389. The van der Waals surface area contributed by atoms with Crippen LogP contribution < -0.4 is 10.0 Å². The second kappa shape index (κ2) is 9.28. The Morgan fingerprint density at radius 3 is 2.48 bits per heavy atom. The Morgan fingerprint density at radius 1 is 1.24 bits per heavy atom. The lowest BCUT2D eigenvalue weighted by atomic mass is 10.1. The molecule has 2 rings (SSSR count). The van der Waals surface area contributed by atoms with Crippen LogP contribution in [-0.4, -0.2) is 63.9 Å². The van der Waals surface area contributed by atoms with Crippen LogP contribution in [0.2, 0.25) is 0 Å². The van der Waals surface area contributed by atoms with Crippen molar-refractivity contribution in [3.63, 3.8) is 0 Å². The zero-order chi connectivity index (χ0) is 18.3. The maximum Gasteiger partial charge on any atom is 0.238 e. The number of hydrogen-bond acceptors (Lipinski definition) is 5. The number of nitrogens with one attached hydrogen (secondary N) is 2. The van der Waals surface area contributed by atoms with Crippen molar-refractivity contribution in [2.45, 2.75) is 25.9 Å². The molecule has 0 aliphatic carbocycles. The number of amides is 1. The summed E-state index contributed by atoms with van der Waals surface area (Å²) in [4.78, 5) is 14.7. The molecule has 1 aromatic rings. The molecule has 2 atom stereocenters. The fraction of sp³-hybridized carbons (Fsp3) is 0.588. The Balaban J connectivity index is 2.05. The van der Waals surface area contributed by atoms with Crippen LogP contribution in [0.15, 0.2) is 30.3 Å². The van der Waals surface area contributed by atoms with Gasteiger partial charge >= 0.3 is 0 Å². The summed E-state index contributed by atoms with van der Waals surface area (Å²) in [6.07, 6.45) is 0. The summed E-state index contributed by atoms with van der Waals surface area (Å²) in [6.45, 7) is 6.75. The van der Waals surface area contributed by atoms with Crippen LogP contribution in [0.5, 0.6) is 0 Å². The molecule has 0 aromatic heterocycles. The van der Waals surface area contributed by atoms with Gasteiger partial charge in [-0.15, -0.1) is 0 Å². The number of benzene rings is 1. The largest absolute Gasteiger partial charge is 0.379 e. The molecule has 0 radical (unpaired) electrons. The summed E-state index contributed by atoms with van der Waals surface area (Å²) < 4.78 is 31.1. The van der Waals surface area contributed by atoms with Crippen LogP contribution in [0.4, 0.5) is 0 Å². The van der Waals surface area contributed by atoms with Gasteiger partial charge in [0.05, 0.1) is 31.1 Å². The predicted octanol–water partition coefficient (Wildman–Crippen LogP) is 0.504. The van der Waals surface area contributed by atoms with Crippen molar-refractivity contribution in [3.05, 3.63) is 35.9 Å². The molecule has 7 nitrogen and oxygen atoms in total. The van der Waals surface area contributed by atoms with E-state index in [-0.39, 0.29) is 17.7 Å². The van der Waals surface area contributed by atoms with E-state index in [0.717, 1.165) is 18.7 Å². The van der Waals surface area contributed by atoms with Gasteiger partial charge in [-0.05, 0) is 19.4 Å². The minimum absolute atomic E-state index is 0.0550. The van der Waals surface area contributed by atoms with Gasteiger partial charge in [-0.25, -0.2) is 13.1 Å². The molecule has 25 heavy (non-hydrogen) atoms. The number of sulfonamides is 1. The third kappa shape index (κ3) is 6.39. The topological polar surface area (TPSA) is 87.7 Å². The van der Waals surface area contributed by atoms with Crippen molar-refractivity contribution >= 4 is 15.9 Å². The Morgan fingerprint density at radius 2 is 1.88 bits per heavy atom. The maximum absolute atomic E-state index is 12.5. The number of rotatable bonds is 8. The molecule has 0 saturated carbocycles. The molecule has 1 aliphatic heterocycles. The molecule has 8 heteroatoms. The number of morpholine rings is 1. The van der Waals surface area contributed by atoms with Crippen molar-refractivity contribution in [2.24, 2.45) is 0 Å². The van der Waals surface area contributed by atoms with E-state index in [1.165, 1.54) is 6.92 Å². The lowest BCUT2D eigenvalue weighted by molar-refractivity contribution is -0.123. The van der Waals surface area contributed by atoms with Crippen LogP contribution >= 0.6 is 0 Å². The zero-order valence-corrected chi connectivity index (χ0v) is 15.6. The molecule has 0 bridgehead atoms. The third-order valence-electron chi connectivity index (χ3n) is 4.19. The van der Waals surface area contributed by atoms with E-state index in [0.29, 0.717) is 19.8 Å². The highest BCUT2D eigenvalue weighted by Gasteiger charge is 2.24. The minimum Gasteiger partial charge on any atom is -0.379 e. The van der Waals surface area contributed by atoms with E-state index in [1.54, 1.807) is 6.92 Å². The Hall–Kier alpha value is -1.48. The molecule has 0 unspecified atom stereocenters. The second-order valence-corrected chi connectivity index (χ2v) is 8.17. The smallest absolute Gasteiger partial charge is 0.238 e. The standard InChI is InChI=1S/C17H27N3O4S/c1-3-25(22,23)19-14(2)17(21)18-16(15-7-5-4-6-8-15)13-20-9-11-24-12-10-20/h4-8,14,16,19H,3,9-13H2,1-2H3,(H,18,21)/t14-,16-/m0/s1. The number of hydrogen-bond donors (Lipinski definition) is 2. The first-order chi connectivity index (χ1) is 11.9. The summed E-state index contributed by atoms with van der Waals surface area (Å²) in [6, 6.07) is 8.68. The third-order valence-corrected chi connectivity index (χ3v) is 5.67. The molecule has 1 aliphatic rings. The summed E-state index contributed by atoms with van der Waals surface area (Å²) in [5.41, 5.74) is 0.993. The van der Waals surface area contributed by atoms with Crippen LogP contribution in [0, 0.1) is 0 Å². The highest BCUT2D eigenvalue weighted by molar-refractivity contribution is 7.89. The van der Waals surface area contributed by atoms with Gasteiger partial charge in [0, 0.05) is 19.6 Å². The van der Waals surface area contributed by atoms with Crippen molar-refractivity contribution < 1.29 is 17.9 Å². The Bertz CT molecular complexity index is 645.